The molecule has 0 radical (unpaired) electrons. The molecule has 2 N–H and O–H groups in total. The molecule has 6 nitrogen and oxygen atoms in total. The second kappa shape index (κ2) is 6.62. The molecule has 1 unspecified atom stereocenters. The molecule has 1 aliphatic rings. The summed E-state index contributed by atoms with van der Waals surface area (Å²) in [5.41, 5.74) is 1.86. The van der Waals surface area contributed by atoms with Gasteiger partial charge < -0.3 is 5.11 Å². The zero-order chi connectivity index (χ0) is 14.6. The third kappa shape index (κ3) is 3.54. The molecule has 0 aromatic carbocycles. The third-order valence-electron chi connectivity index (χ3n) is 3.67. The molecule has 1 aromatic rings. The van der Waals surface area contributed by atoms with E-state index in [-0.39, 0.29) is 19.2 Å². The lowest BCUT2D eigenvalue weighted by molar-refractivity contribution is 0.154. The summed E-state index contributed by atoms with van der Waals surface area (Å²) in [5, 5.41) is 9.31. The van der Waals surface area contributed by atoms with E-state index < -0.39 is 10.2 Å². The van der Waals surface area contributed by atoms with Gasteiger partial charge in [-0.15, -0.1) is 0 Å². The fourth-order valence-electron chi connectivity index (χ4n) is 2.43. The Bertz CT molecular complexity index is 548. The number of nitrogens with one attached hydrogen (secondary N) is 1. The Morgan fingerprint density at radius 1 is 1.50 bits per heavy atom. The second-order valence-corrected chi connectivity index (χ2v) is 6.78. The van der Waals surface area contributed by atoms with E-state index in [1.165, 1.54) is 4.31 Å². The fourth-order valence-corrected chi connectivity index (χ4v) is 3.86. The van der Waals surface area contributed by atoms with Gasteiger partial charge in [-0.1, -0.05) is 6.42 Å². The molecule has 2 heterocycles. The summed E-state index contributed by atoms with van der Waals surface area (Å²) in [4.78, 5) is 3.98. The number of aliphatic hydroxyl groups excluding tert-OH is 1. The molecule has 1 aliphatic heterocycles. The number of piperidine rings is 1. The average Bonchev–Trinajstić information content (AvgIpc) is 2.46. The van der Waals surface area contributed by atoms with E-state index >= 15 is 0 Å². The zero-order valence-corrected chi connectivity index (χ0v) is 12.4. The average molecular weight is 299 g/mol. The summed E-state index contributed by atoms with van der Waals surface area (Å²) < 4.78 is 28.6. The van der Waals surface area contributed by atoms with E-state index in [9.17, 15) is 13.5 Å². The SMILES string of the molecule is Cc1cnccc1CNS(=O)(=O)N1CCCCC1CO. The first-order valence-corrected chi connectivity index (χ1v) is 8.25. The summed E-state index contributed by atoms with van der Waals surface area (Å²) in [6.45, 7) is 2.48. The number of aliphatic hydroxyl groups is 1. The van der Waals surface area contributed by atoms with Crippen molar-refractivity contribution in [3.63, 3.8) is 0 Å². The molecular weight excluding hydrogens is 278 g/mol. The molecule has 0 spiro atoms. The minimum absolute atomic E-state index is 0.130. The number of nitrogens with zero attached hydrogens (tertiary/aromatic N) is 2. The summed E-state index contributed by atoms with van der Waals surface area (Å²) in [6, 6.07) is 1.50. The molecule has 1 fully saturated rings. The summed E-state index contributed by atoms with van der Waals surface area (Å²) in [5.74, 6) is 0. The number of rotatable bonds is 5. The molecule has 0 bridgehead atoms. The molecule has 112 valence electrons. The Morgan fingerprint density at radius 3 is 3.00 bits per heavy atom. The quantitative estimate of drug-likeness (QED) is 0.833. The minimum atomic E-state index is -3.56. The number of hydrogen-bond acceptors (Lipinski definition) is 4. The Balaban J connectivity index is 2.05. The van der Waals surface area contributed by atoms with Crippen LogP contribution in [0.25, 0.3) is 0 Å². The van der Waals surface area contributed by atoms with Gasteiger partial charge in [0.1, 0.15) is 0 Å². The van der Waals surface area contributed by atoms with E-state index in [1.54, 1.807) is 18.5 Å². The Morgan fingerprint density at radius 2 is 2.30 bits per heavy atom. The van der Waals surface area contributed by atoms with Crippen LogP contribution in [-0.2, 0) is 16.8 Å². The first kappa shape index (κ1) is 15.4. The van der Waals surface area contributed by atoms with Gasteiger partial charge in [0.15, 0.2) is 0 Å². The monoisotopic (exact) mass is 299 g/mol. The van der Waals surface area contributed by atoms with Crippen molar-refractivity contribution >= 4 is 10.2 Å². The first-order chi connectivity index (χ1) is 9.54. The van der Waals surface area contributed by atoms with Crippen LogP contribution in [0.2, 0.25) is 0 Å². The highest BCUT2D eigenvalue weighted by atomic mass is 32.2. The van der Waals surface area contributed by atoms with Gasteiger partial charge in [0, 0.05) is 31.5 Å². The van der Waals surface area contributed by atoms with Gasteiger partial charge >= 0.3 is 0 Å². The van der Waals surface area contributed by atoms with Crippen molar-refractivity contribution in [1.29, 1.82) is 0 Å². The second-order valence-electron chi connectivity index (χ2n) is 5.07. The third-order valence-corrected chi connectivity index (χ3v) is 5.28. The lowest BCUT2D eigenvalue weighted by Gasteiger charge is -2.33. The van der Waals surface area contributed by atoms with E-state index in [0.717, 1.165) is 24.0 Å². The molecule has 2 rings (SSSR count). The Labute approximate surface area is 120 Å². The number of aromatic nitrogens is 1. The van der Waals surface area contributed by atoms with Crippen LogP contribution in [-0.4, -0.2) is 42.0 Å². The maximum absolute atomic E-state index is 12.3. The normalized spacial score (nSPS) is 21.0. The van der Waals surface area contributed by atoms with Crippen molar-refractivity contribution < 1.29 is 13.5 Å². The highest BCUT2D eigenvalue weighted by Crippen LogP contribution is 2.19. The molecule has 0 saturated carbocycles. The van der Waals surface area contributed by atoms with Gasteiger partial charge in [0.25, 0.3) is 10.2 Å². The molecule has 20 heavy (non-hydrogen) atoms. The summed E-state index contributed by atoms with van der Waals surface area (Å²) in [6.07, 6.45) is 5.87. The van der Waals surface area contributed by atoms with Crippen molar-refractivity contribution in [3.8, 4) is 0 Å². The van der Waals surface area contributed by atoms with Crippen LogP contribution in [0.5, 0.6) is 0 Å². The van der Waals surface area contributed by atoms with Crippen LogP contribution in [0, 0.1) is 6.92 Å². The molecule has 0 aliphatic carbocycles. The van der Waals surface area contributed by atoms with Gasteiger partial charge in [0.2, 0.25) is 0 Å². The van der Waals surface area contributed by atoms with Crippen LogP contribution in [0.1, 0.15) is 30.4 Å². The van der Waals surface area contributed by atoms with Gasteiger partial charge in [-0.3, -0.25) is 4.98 Å². The van der Waals surface area contributed by atoms with Crippen LogP contribution in [0.4, 0.5) is 0 Å². The maximum atomic E-state index is 12.3. The largest absolute Gasteiger partial charge is 0.395 e. The van der Waals surface area contributed by atoms with Crippen molar-refractivity contribution in [1.82, 2.24) is 14.0 Å². The summed E-state index contributed by atoms with van der Waals surface area (Å²) >= 11 is 0. The van der Waals surface area contributed by atoms with E-state index in [0.29, 0.717) is 13.0 Å². The molecule has 7 heteroatoms. The molecule has 1 atom stereocenters. The summed E-state index contributed by atoms with van der Waals surface area (Å²) in [7, 11) is -3.56. The topological polar surface area (TPSA) is 82.5 Å². The molecule has 1 aromatic heterocycles. The lowest BCUT2D eigenvalue weighted by atomic mass is 10.1. The van der Waals surface area contributed by atoms with Crippen LogP contribution in [0.15, 0.2) is 18.5 Å². The number of hydrogen-bond donors (Lipinski definition) is 2. The predicted molar refractivity (Wildman–Crippen MR) is 76.2 cm³/mol. The molecule has 0 amide bonds. The lowest BCUT2D eigenvalue weighted by Crippen LogP contribution is -2.50. The van der Waals surface area contributed by atoms with Crippen molar-refractivity contribution in [2.75, 3.05) is 13.2 Å². The van der Waals surface area contributed by atoms with Crippen LogP contribution in [0.3, 0.4) is 0 Å². The van der Waals surface area contributed by atoms with Gasteiger partial charge in [-0.2, -0.15) is 17.4 Å². The fraction of sp³-hybridized carbons (Fsp3) is 0.615. The van der Waals surface area contributed by atoms with Crippen molar-refractivity contribution in [2.24, 2.45) is 0 Å². The smallest absolute Gasteiger partial charge is 0.280 e. The minimum Gasteiger partial charge on any atom is -0.395 e. The van der Waals surface area contributed by atoms with Crippen molar-refractivity contribution in [3.05, 3.63) is 29.6 Å². The van der Waals surface area contributed by atoms with Gasteiger partial charge in [0.05, 0.1) is 6.61 Å². The van der Waals surface area contributed by atoms with Crippen molar-refractivity contribution in [2.45, 2.75) is 38.8 Å². The zero-order valence-electron chi connectivity index (χ0n) is 11.6. The van der Waals surface area contributed by atoms with Crippen LogP contribution < -0.4 is 4.72 Å². The van der Waals surface area contributed by atoms with Crippen LogP contribution >= 0.6 is 0 Å². The van der Waals surface area contributed by atoms with E-state index in [4.69, 9.17) is 0 Å². The highest BCUT2D eigenvalue weighted by Gasteiger charge is 2.31. The first-order valence-electron chi connectivity index (χ1n) is 6.81. The molecule has 1 saturated heterocycles. The van der Waals surface area contributed by atoms with Gasteiger partial charge in [-0.25, -0.2) is 0 Å². The Hall–Kier alpha value is -1.02. The molecular formula is C13H21N3O3S. The predicted octanol–water partition coefficient (Wildman–Crippen LogP) is 0.571. The van der Waals surface area contributed by atoms with Gasteiger partial charge in [-0.05, 0) is 37.0 Å². The number of aryl methyl sites for hydroxylation is 1. The van der Waals surface area contributed by atoms with E-state index in [2.05, 4.69) is 9.71 Å². The number of pyridine rings is 1. The highest BCUT2D eigenvalue weighted by molar-refractivity contribution is 7.87. The standard InChI is InChI=1S/C13H21N3O3S/c1-11-8-14-6-5-12(11)9-15-20(18,19)16-7-3-2-4-13(16)10-17/h5-6,8,13,15,17H,2-4,7,9-10H2,1H3. The van der Waals surface area contributed by atoms with E-state index in [1.807, 2.05) is 6.92 Å². The Kier molecular flexibility index (Phi) is 5.09. The maximum Gasteiger partial charge on any atom is 0.280 e.